The van der Waals surface area contributed by atoms with Crippen LogP contribution in [0.5, 0.6) is 0 Å². The summed E-state index contributed by atoms with van der Waals surface area (Å²) in [5, 5.41) is 5.42. The quantitative estimate of drug-likeness (QED) is 0.833. The van der Waals surface area contributed by atoms with Gasteiger partial charge in [0.15, 0.2) is 0 Å². The number of hydrogen-bond acceptors (Lipinski definition) is 2. The predicted molar refractivity (Wildman–Crippen MR) is 89.9 cm³/mol. The molecule has 0 spiro atoms. The van der Waals surface area contributed by atoms with Crippen LogP contribution in [0.25, 0.3) is 0 Å². The molecule has 1 aliphatic heterocycles. The molecule has 1 atom stereocenters. The Labute approximate surface area is 141 Å². The third-order valence-corrected chi connectivity index (χ3v) is 4.69. The van der Waals surface area contributed by atoms with Crippen molar-refractivity contribution in [3.8, 4) is 0 Å². The SMILES string of the molecule is Cc1cc(NC(=O)C2CC(=O)Nc3cc(F)ccc32)ccc1Br. The number of anilines is 2. The Morgan fingerprint density at radius 1 is 1.30 bits per heavy atom. The lowest BCUT2D eigenvalue weighted by Gasteiger charge is -2.25. The van der Waals surface area contributed by atoms with Crippen molar-refractivity contribution in [3.05, 3.63) is 57.8 Å². The molecule has 23 heavy (non-hydrogen) atoms. The van der Waals surface area contributed by atoms with Gasteiger partial charge in [0, 0.05) is 22.3 Å². The molecular formula is C17H14BrFN2O2. The van der Waals surface area contributed by atoms with E-state index in [-0.39, 0.29) is 18.2 Å². The minimum atomic E-state index is -0.636. The van der Waals surface area contributed by atoms with Crippen molar-refractivity contribution in [2.45, 2.75) is 19.3 Å². The lowest BCUT2D eigenvalue weighted by Crippen LogP contribution is -2.30. The van der Waals surface area contributed by atoms with Gasteiger partial charge in [-0.3, -0.25) is 9.59 Å². The molecule has 4 nitrogen and oxygen atoms in total. The van der Waals surface area contributed by atoms with Gasteiger partial charge in [0.25, 0.3) is 0 Å². The molecule has 1 aliphatic rings. The Hall–Kier alpha value is -2.21. The maximum Gasteiger partial charge on any atom is 0.232 e. The second-order valence-corrected chi connectivity index (χ2v) is 6.34. The number of carbonyl (C=O) groups is 2. The molecule has 118 valence electrons. The molecule has 2 aromatic carbocycles. The van der Waals surface area contributed by atoms with Gasteiger partial charge in [0.2, 0.25) is 11.8 Å². The summed E-state index contributed by atoms with van der Waals surface area (Å²) in [6.07, 6.45) is 0.0416. The van der Waals surface area contributed by atoms with Gasteiger partial charge >= 0.3 is 0 Å². The first-order valence-corrected chi connectivity index (χ1v) is 7.89. The van der Waals surface area contributed by atoms with E-state index < -0.39 is 11.7 Å². The summed E-state index contributed by atoms with van der Waals surface area (Å²) in [6, 6.07) is 9.54. The van der Waals surface area contributed by atoms with E-state index in [1.807, 2.05) is 19.1 Å². The fraction of sp³-hybridized carbons (Fsp3) is 0.176. The molecule has 0 fully saturated rings. The Morgan fingerprint density at radius 2 is 2.09 bits per heavy atom. The van der Waals surface area contributed by atoms with Crippen molar-refractivity contribution in [2.75, 3.05) is 10.6 Å². The molecule has 6 heteroatoms. The van der Waals surface area contributed by atoms with Gasteiger partial charge in [0.05, 0.1) is 5.92 Å². The molecule has 0 bridgehead atoms. The lowest BCUT2D eigenvalue weighted by molar-refractivity contribution is -0.123. The maximum absolute atomic E-state index is 13.3. The highest BCUT2D eigenvalue weighted by molar-refractivity contribution is 9.10. The number of hydrogen-bond donors (Lipinski definition) is 2. The van der Waals surface area contributed by atoms with E-state index in [0.29, 0.717) is 16.9 Å². The number of aryl methyl sites for hydroxylation is 1. The first-order valence-electron chi connectivity index (χ1n) is 7.10. The summed E-state index contributed by atoms with van der Waals surface area (Å²) in [7, 11) is 0. The van der Waals surface area contributed by atoms with E-state index in [1.165, 1.54) is 12.1 Å². The topological polar surface area (TPSA) is 58.2 Å². The van der Waals surface area contributed by atoms with E-state index in [0.717, 1.165) is 10.0 Å². The van der Waals surface area contributed by atoms with Gasteiger partial charge in [-0.1, -0.05) is 22.0 Å². The number of fused-ring (bicyclic) bond motifs is 1. The smallest absolute Gasteiger partial charge is 0.232 e. The minimum Gasteiger partial charge on any atom is -0.326 e. The van der Waals surface area contributed by atoms with E-state index in [2.05, 4.69) is 26.6 Å². The number of carbonyl (C=O) groups excluding carboxylic acids is 2. The maximum atomic E-state index is 13.3. The highest BCUT2D eigenvalue weighted by Gasteiger charge is 2.31. The summed E-state index contributed by atoms with van der Waals surface area (Å²) >= 11 is 3.41. The number of halogens is 2. The van der Waals surface area contributed by atoms with Crippen LogP contribution in [0.3, 0.4) is 0 Å². The third-order valence-electron chi connectivity index (χ3n) is 3.80. The second kappa shape index (κ2) is 6.12. The largest absolute Gasteiger partial charge is 0.326 e. The van der Waals surface area contributed by atoms with Gasteiger partial charge in [-0.05, 0) is 48.4 Å². The van der Waals surface area contributed by atoms with Crippen molar-refractivity contribution in [1.82, 2.24) is 0 Å². The van der Waals surface area contributed by atoms with Crippen molar-refractivity contribution in [1.29, 1.82) is 0 Å². The van der Waals surface area contributed by atoms with Gasteiger partial charge < -0.3 is 10.6 Å². The van der Waals surface area contributed by atoms with Gasteiger partial charge in [-0.25, -0.2) is 4.39 Å². The van der Waals surface area contributed by atoms with Crippen LogP contribution in [0.15, 0.2) is 40.9 Å². The fourth-order valence-corrected chi connectivity index (χ4v) is 2.87. The molecule has 0 aliphatic carbocycles. The normalized spacial score (nSPS) is 16.5. The molecule has 2 aromatic rings. The standard InChI is InChI=1S/C17H14BrFN2O2/c1-9-6-11(3-5-14(9)18)20-17(23)13-8-16(22)21-15-7-10(19)2-4-12(13)15/h2-7,13H,8H2,1H3,(H,20,23)(H,21,22). The van der Waals surface area contributed by atoms with E-state index in [9.17, 15) is 14.0 Å². The van der Waals surface area contributed by atoms with Crippen molar-refractivity contribution >= 4 is 39.1 Å². The van der Waals surface area contributed by atoms with Crippen LogP contribution in [0.2, 0.25) is 0 Å². The monoisotopic (exact) mass is 376 g/mol. The van der Waals surface area contributed by atoms with Gasteiger partial charge in [0.1, 0.15) is 5.82 Å². The summed E-state index contributed by atoms with van der Waals surface area (Å²) in [6.45, 7) is 1.92. The highest BCUT2D eigenvalue weighted by Crippen LogP contribution is 2.33. The molecule has 2 amide bonds. The lowest BCUT2D eigenvalue weighted by atomic mass is 9.89. The van der Waals surface area contributed by atoms with Crippen LogP contribution in [-0.4, -0.2) is 11.8 Å². The molecule has 2 N–H and O–H groups in total. The minimum absolute atomic E-state index is 0.0416. The van der Waals surface area contributed by atoms with E-state index in [1.54, 1.807) is 12.1 Å². The van der Waals surface area contributed by atoms with E-state index >= 15 is 0 Å². The average Bonchev–Trinajstić information content (AvgIpc) is 2.49. The third kappa shape index (κ3) is 3.27. The van der Waals surface area contributed by atoms with Crippen molar-refractivity contribution < 1.29 is 14.0 Å². The summed E-state index contributed by atoms with van der Waals surface area (Å²) in [5.74, 6) is -1.67. The first kappa shape index (κ1) is 15.7. The Kier molecular flexibility index (Phi) is 4.17. The Balaban J connectivity index is 1.87. The first-order chi connectivity index (χ1) is 10.9. The molecular weight excluding hydrogens is 363 g/mol. The molecule has 0 saturated heterocycles. The van der Waals surface area contributed by atoms with E-state index in [4.69, 9.17) is 0 Å². The van der Waals surface area contributed by atoms with Crippen LogP contribution in [0, 0.1) is 12.7 Å². The Bertz CT molecular complexity index is 807. The summed E-state index contributed by atoms with van der Waals surface area (Å²) in [5.41, 5.74) is 2.63. The van der Waals surface area contributed by atoms with Gasteiger partial charge in [-0.15, -0.1) is 0 Å². The predicted octanol–water partition coefficient (Wildman–Crippen LogP) is 3.96. The molecule has 3 rings (SSSR count). The number of nitrogens with one attached hydrogen (secondary N) is 2. The van der Waals surface area contributed by atoms with Crippen LogP contribution in [-0.2, 0) is 9.59 Å². The zero-order valence-electron chi connectivity index (χ0n) is 12.3. The molecule has 0 aromatic heterocycles. The highest BCUT2D eigenvalue weighted by atomic mass is 79.9. The molecule has 1 heterocycles. The van der Waals surface area contributed by atoms with Crippen LogP contribution in [0.1, 0.15) is 23.5 Å². The zero-order chi connectivity index (χ0) is 16.6. The zero-order valence-corrected chi connectivity index (χ0v) is 13.9. The molecule has 1 unspecified atom stereocenters. The van der Waals surface area contributed by atoms with Crippen molar-refractivity contribution in [2.24, 2.45) is 0 Å². The van der Waals surface area contributed by atoms with Crippen molar-refractivity contribution in [3.63, 3.8) is 0 Å². The fourth-order valence-electron chi connectivity index (χ4n) is 2.62. The Morgan fingerprint density at radius 3 is 2.83 bits per heavy atom. The van der Waals surface area contributed by atoms with Crippen LogP contribution < -0.4 is 10.6 Å². The number of rotatable bonds is 2. The summed E-state index contributed by atoms with van der Waals surface area (Å²) in [4.78, 5) is 24.3. The van der Waals surface area contributed by atoms with Crippen LogP contribution >= 0.6 is 15.9 Å². The summed E-state index contributed by atoms with van der Waals surface area (Å²) < 4.78 is 14.3. The average molecular weight is 377 g/mol. The van der Waals surface area contributed by atoms with Crippen LogP contribution in [0.4, 0.5) is 15.8 Å². The number of benzene rings is 2. The second-order valence-electron chi connectivity index (χ2n) is 5.49. The molecule has 0 radical (unpaired) electrons. The number of amides is 2. The van der Waals surface area contributed by atoms with Gasteiger partial charge in [-0.2, -0.15) is 0 Å². The molecule has 0 saturated carbocycles.